The number of carbonyl (C=O) groups is 1. The van der Waals surface area contributed by atoms with E-state index in [1.54, 1.807) is 28.4 Å². The summed E-state index contributed by atoms with van der Waals surface area (Å²) in [5.41, 5.74) is 0.995. The van der Waals surface area contributed by atoms with Gasteiger partial charge in [-0.3, -0.25) is 9.48 Å². The van der Waals surface area contributed by atoms with Crippen LogP contribution in [0.4, 0.5) is 0 Å². The zero-order valence-corrected chi connectivity index (χ0v) is 11.5. The summed E-state index contributed by atoms with van der Waals surface area (Å²) >= 11 is 3.02. The summed E-state index contributed by atoms with van der Waals surface area (Å²) in [6.45, 7) is 3.13. The third kappa shape index (κ3) is 4.11. The molecule has 0 radical (unpaired) electrons. The van der Waals surface area contributed by atoms with Gasteiger partial charge in [0.05, 0.1) is 18.5 Å². The van der Waals surface area contributed by atoms with E-state index in [4.69, 9.17) is 0 Å². The maximum absolute atomic E-state index is 11.6. The number of nitrogens with zero attached hydrogens (tertiary/aromatic N) is 4. The van der Waals surface area contributed by atoms with Gasteiger partial charge in [0.1, 0.15) is 0 Å². The molecule has 0 atom stereocenters. The first-order valence-electron chi connectivity index (χ1n) is 5.40. The quantitative estimate of drug-likeness (QED) is 0.799. The van der Waals surface area contributed by atoms with Crippen molar-refractivity contribution >= 4 is 29.0 Å². The van der Waals surface area contributed by atoms with Gasteiger partial charge in [-0.2, -0.15) is 0 Å². The number of hydrogen-bond donors (Lipinski definition) is 1. The molecule has 18 heavy (non-hydrogen) atoms. The lowest BCUT2D eigenvalue weighted by Gasteiger charge is -2.03. The molecule has 0 bridgehead atoms. The highest BCUT2D eigenvalue weighted by molar-refractivity contribution is 8.01. The van der Waals surface area contributed by atoms with E-state index in [1.807, 2.05) is 12.3 Å². The molecular weight excluding hydrogens is 270 g/mol. The van der Waals surface area contributed by atoms with E-state index < -0.39 is 0 Å². The number of hydrogen-bond acceptors (Lipinski definition) is 6. The third-order valence-corrected chi connectivity index (χ3v) is 4.20. The van der Waals surface area contributed by atoms with Crippen LogP contribution in [0.2, 0.25) is 0 Å². The van der Waals surface area contributed by atoms with E-state index in [-0.39, 0.29) is 5.91 Å². The number of thiazole rings is 1. The number of aryl methyl sites for hydroxylation is 1. The van der Waals surface area contributed by atoms with Crippen molar-refractivity contribution in [2.45, 2.75) is 17.8 Å². The predicted octanol–water partition coefficient (Wildman–Crippen LogP) is 0.952. The van der Waals surface area contributed by atoms with Crippen molar-refractivity contribution in [1.29, 1.82) is 0 Å². The number of rotatable bonds is 6. The fourth-order valence-electron chi connectivity index (χ4n) is 1.24. The van der Waals surface area contributed by atoms with Gasteiger partial charge in [-0.15, -0.1) is 16.4 Å². The van der Waals surface area contributed by atoms with Crippen molar-refractivity contribution in [1.82, 2.24) is 25.3 Å². The normalized spacial score (nSPS) is 10.5. The third-order valence-electron chi connectivity index (χ3n) is 2.06. The minimum Gasteiger partial charge on any atom is -0.354 e. The molecule has 6 nitrogen and oxygen atoms in total. The Morgan fingerprint density at radius 3 is 3.17 bits per heavy atom. The second-order valence-electron chi connectivity index (χ2n) is 3.56. The van der Waals surface area contributed by atoms with E-state index in [2.05, 4.69) is 20.6 Å². The predicted molar refractivity (Wildman–Crippen MR) is 70.6 cm³/mol. The molecule has 0 aliphatic carbocycles. The lowest BCUT2D eigenvalue weighted by molar-refractivity contribution is -0.118. The Hall–Kier alpha value is -1.41. The summed E-state index contributed by atoms with van der Waals surface area (Å²) in [5, 5.41) is 12.3. The lowest BCUT2D eigenvalue weighted by atomic mass is 10.6. The molecule has 2 rings (SSSR count). The zero-order valence-electron chi connectivity index (χ0n) is 9.87. The average Bonchev–Trinajstić information content (AvgIpc) is 2.98. The summed E-state index contributed by atoms with van der Waals surface area (Å²) in [6, 6.07) is 0. The largest absolute Gasteiger partial charge is 0.354 e. The van der Waals surface area contributed by atoms with E-state index in [1.165, 1.54) is 11.8 Å². The molecule has 0 saturated heterocycles. The standard InChI is InChI=1S/C10H13N5OS2/c1-8-6-17-10(13-8)18-7-9(16)11-2-4-15-5-3-12-14-15/h3,5-6H,2,4,7H2,1H3,(H,11,16). The molecule has 1 N–H and O–H groups in total. The highest BCUT2D eigenvalue weighted by Crippen LogP contribution is 2.21. The van der Waals surface area contributed by atoms with Crippen LogP contribution in [-0.2, 0) is 11.3 Å². The first kappa shape index (κ1) is 13.0. The van der Waals surface area contributed by atoms with Gasteiger partial charge in [0.15, 0.2) is 4.34 Å². The molecule has 1 amide bonds. The van der Waals surface area contributed by atoms with Crippen molar-refractivity contribution in [2.75, 3.05) is 12.3 Å². The van der Waals surface area contributed by atoms with Crippen LogP contribution in [0.1, 0.15) is 5.69 Å². The molecule has 0 aliphatic rings. The lowest BCUT2D eigenvalue weighted by Crippen LogP contribution is -2.28. The number of carbonyl (C=O) groups excluding carboxylic acids is 1. The van der Waals surface area contributed by atoms with Crippen molar-refractivity contribution in [3.05, 3.63) is 23.5 Å². The molecule has 8 heteroatoms. The SMILES string of the molecule is Cc1csc(SCC(=O)NCCn2ccnn2)n1. The van der Waals surface area contributed by atoms with E-state index in [0.29, 0.717) is 18.8 Å². The van der Waals surface area contributed by atoms with Gasteiger partial charge in [0.2, 0.25) is 5.91 Å². The first-order chi connectivity index (χ1) is 8.74. The van der Waals surface area contributed by atoms with Gasteiger partial charge >= 0.3 is 0 Å². The van der Waals surface area contributed by atoms with Gasteiger partial charge in [-0.1, -0.05) is 17.0 Å². The summed E-state index contributed by atoms with van der Waals surface area (Å²) in [5.74, 6) is 0.401. The first-order valence-corrected chi connectivity index (χ1v) is 7.26. The van der Waals surface area contributed by atoms with E-state index in [0.717, 1.165) is 10.0 Å². The van der Waals surface area contributed by atoms with Crippen molar-refractivity contribution in [3.8, 4) is 0 Å². The summed E-state index contributed by atoms with van der Waals surface area (Å²) in [6.07, 6.45) is 3.38. The summed E-state index contributed by atoms with van der Waals surface area (Å²) in [7, 11) is 0. The number of amides is 1. The number of aromatic nitrogens is 4. The van der Waals surface area contributed by atoms with E-state index in [9.17, 15) is 4.79 Å². The maximum atomic E-state index is 11.6. The molecular formula is C10H13N5OS2. The minimum atomic E-state index is 0.00738. The fraction of sp³-hybridized carbons (Fsp3) is 0.400. The molecule has 96 valence electrons. The van der Waals surface area contributed by atoms with Crippen molar-refractivity contribution in [3.63, 3.8) is 0 Å². The smallest absolute Gasteiger partial charge is 0.230 e. The van der Waals surface area contributed by atoms with Crippen LogP contribution in [0.3, 0.4) is 0 Å². The van der Waals surface area contributed by atoms with Crippen LogP contribution in [0, 0.1) is 6.92 Å². The number of thioether (sulfide) groups is 1. The molecule has 2 aromatic rings. The highest BCUT2D eigenvalue weighted by atomic mass is 32.2. The molecule has 0 aromatic carbocycles. The Balaban J connectivity index is 1.63. The Morgan fingerprint density at radius 1 is 1.61 bits per heavy atom. The Kier molecular flexibility index (Phi) is 4.71. The Bertz CT molecular complexity index is 496. The minimum absolute atomic E-state index is 0.00738. The van der Waals surface area contributed by atoms with Gasteiger partial charge in [0, 0.05) is 23.8 Å². The van der Waals surface area contributed by atoms with Crippen LogP contribution >= 0.6 is 23.1 Å². The highest BCUT2D eigenvalue weighted by Gasteiger charge is 2.05. The number of nitrogens with one attached hydrogen (secondary N) is 1. The van der Waals surface area contributed by atoms with Crippen LogP contribution in [0.25, 0.3) is 0 Å². The fourth-order valence-corrected chi connectivity index (χ4v) is 2.92. The van der Waals surface area contributed by atoms with Crippen LogP contribution in [0.15, 0.2) is 22.1 Å². The van der Waals surface area contributed by atoms with Crippen LogP contribution in [-0.4, -0.2) is 38.2 Å². The molecule has 0 aliphatic heterocycles. The molecule has 2 aromatic heterocycles. The van der Waals surface area contributed by atoms with Gasteiger partial charge in [0.25, 0.3) is 0 Å². The summed E-state index contributed by atoms with van der Waals surface area (Å²) < 4.78 is 2.61. The van der Waals surface area contributed by atoms with Gasteiger partial charge < -0.3 is 5.32 Å². The molecule has 2 heterocycles. The second-order valence-corrected chi connectivity index (χ2v) is 5.64. The van der Waals surface area contributed by atoms with E-state index >= 15 is 0 Å². The molecule has 0 spiro atoms. The average molecular weight is 283 g/mol. The van der Waals surface area contributed by atoms with Crippen LogP contribution < -0.4 is 5.32 Å². The Morgan fingerprint density at radius 2 is 2.50 bits per heavy atom. The van der Waals surface area contributed by atoms with Crippen molar-refractivity contribution < 1.29 is 4.79 Å². The topological polar surface area (TPSA) is 72.7 Å². The zero-order chi connectivity index (χ0) is 12.8. The monoisotopic (exact) mass is 283 g/mol. The maximum Gasteiger partial charge on any atom is 0.230 e. The van der Waals surface area contributed by atoms with Gasteiger partial charge in [-0.05, 0) is 6.92 Å². The molecule has 0 unspecified atom stereocenters. The molecule has 0 saturated carbocycles. The van der Waals surface area contributed by atoms with Crippen LogP contribution in [0.5, 0.6) is 0 Å². The molecule has 0 fully saturated rings. The van der Waals surface area contributed by atoms with Gasteiger partial charge in [-0.25, -0.2) is 4.98 Å². The second kappa shape index (κ2) is 6.50. The van der Waals surface area contributed by atoms with Crippen molar-refractivity contribution in [2.24, 2.45) is 0 Å². The Labute approximate surface area is 113 Å². The summed E-state index contributed by atoms with van der Waals surface area (Å²) in [4.78, 5) is 15.8.